The van der Waals surface area contributed by atoms with E-state index in [-0.39, 0.29) is 17.9 Å². The minimum atomic E-state index is -1.04. The van der Waals surface area contributed by atoms with Gasteiger partial charge in [-0.05, 0) is 34.9 Å². The predicted molar refractivity (Wildman–Crippen MR) is 94.4 cm³/mol. The SMILES string of the molecule is CCc1ccc(OCC(=O)N[C@@H](C(=O)O)C(C)C)c(C(C)(C)C)c1. The minimum absolute atomic E-state index is 0.113. The summed E-state index contributed by atoms with van der Waals surface area (Å²) in [6.45, 7) is 11.7. The van der Waals surface area contributed by atoms with Gasteiger partial charge in [-0.3, -0.25) is 4.79 Å². The van der Waals surface area contributed by atoms with Crippen LogP contribution in [0.25, 0.3) is 0 Å². The number of carboxylic acid groups (broad SMARTS) is 1. The fourth-order valence-electron chi connectivity index (χ4n) is 2.38. The molecule has 0 saturated heterocycles. The summed E-state index contributed by atoms with van der Waals surface area (Å²) in [5.41, 5.74) is 2.13. The van der Waals surface area contributed by atoms with Crippen molar-refractivity contribution < 1.29 is 19.4 Å². The summed E-state index contributed by atoms with van der Waals surface area (Å²) in [4.78, 5) is 23.2. The molecule has 0 saturated carbocycles. The molecule has 0 aliphatic carbocycles. The molecule has 0 aliphatic heterocycles. The summed E-state index contributed by atoms with van der Waals surface area (Å²) in [5, 5.41) is 11.6. The lowest BCUT2D eigenvalue weighted by Gasteiger charge is -2.24. The van der Waals surface area contributed by atoms with Gasteiger partial charge >= 0.3 is 5.97 Å². The molecule has 0 fully saturated rings. The van der Waals surface area contributed by atoms with Gasteiger partial charge in [0.25, 0.3) is 5.91 Å². The van der Waals surface area contributed by atoms with Crippen molar-refractivity contribution in [3.63, 3.8) is 0 Å². The van der Waals surface area contributed by atoms with Crippen molar-refractivity contribution in [3.05, 3.63) is 29.3 Å². The Bertz CT molecular complexity index is 588. The highest BCUT2D eigenvalue weighted by molar-refractivity contribution is 5.84. The number of aliphatic carboxylic acids is 1. The molecule has 5 nitrogen and oxygen atoms in total. The molecule has 0 radical (unpaired) electrons. The van der Waals surface area contributed by atoms with Crippen molar-refractivity contribution in [1.29, 1.82) is 0 Å². The normalized spacial score (nSPS) is 12.8. The van der Waals surface area contributed by atoms with E-state index in [1.54, 1.807) is 13.8 Å². The van der Waals surface area contributed by atoms with E-state index >= 15 is 0 Å². The van der Waals surface area contributed by atoms with Crippen LogP contribution in [0.4, 0.5) is 0 Å². The molecular weight excluding hydrogens is 306 g/mol. The highest BCUT2D eigenvalue weighted by Crippen LogP contribution is 2.32. The zero-order valence-electron chi connectivity index (χ0n) is 15.5. The van der Waals surface area contributed by atoms with Crippen LogP contribution in [-0.2, 0) is 21.4 Å². The monoisotopic (exact) mass is 335 g/mol. The number of hydrogen-bond donors (Lipinski definition) is 2. The molecule has 0 spiro atoms. The highest BCUT2D eigenvalue weighted by Gasteiger charge is 2.24. The molecular formula is C19H29NO4. The zero-order valence-corrected chi connectivity index (χ0v) is 15.5. The molecule has 134 valence electrons. The highest BCUT2D eigenvalue weighted by atomic mass is 16.5. The lowest BCUT2D eigenvalue weighted by Crippen LogP contribution is -2.46. The summed E-state index contributed by atoms with van der Waals surface area (Å²) in [5.74, 6) is -1.01. The van der Waals surface area contributed by atoms with Crippen LogP contribution in [0.5, 0.6) is 5.75 Å². The van der Waals surface area contributed by atoms with Gasteiger partial charge in [0.05, 0.1) is 0 Å². The third-order valence-electron chi connectivity index (χ3n) is 3.87. The number of hydrogen-bond acceptors (Lipinski definition) is 3. The first-order valence-corrected chi connectivity index (χ1v) is 8.34. The molecule has 0 aliphatic rings. The standard InChI is InChI=1S/C19H29NO4/c1-7-13-8-9-15(14(10-13)19(4,5)6)24-11-16(21)20-17(12(2)3)18(22)23/h8-10,12,17H,7,11H2,1-6H3,(H,20,21)(H,22,23)/t17-/m1/s1. The smallest absolute Gasteiger partial charge is 0.326 e. The third-order valence-corrected chi connectivity index (χ3v) is 3.87. The molecule has 1 amide bonds. The molecule has 0 bridgehead atoms. The summed E-state index contributed by atoms with van der Waals surface area (Å²) in [6, 6.07) is 5.05. The number of aryl methyl sites for hydroxylation is 1. The molecule has 2 N–H and O–H groups in total. The van der Waals surface area contributed by atoms with Crippen molar-refractivity contribution in [3.8, 4) is 5.75 Å². The van der Waals surface area contributed by atoms with E-state index in [0.29, 0.717) is 5.75 Å². The zero-order chi connectivity index (χ0) is 18.5. The van der Waals surface area contributed by atoms with Gasteiger partial charge in [0.15, 0.2) is 6.61 Å². The van der Waals surface area contributed by atoms with Gasteiger partial charge in [-0.15, -0.1) is 0 Å². The van der Waals surface area contributed by atoms with Gasteiger partial charge in [-0.1, -0.05) is 53.7 Å². The number of amides is 1. The summed E-state index contributed by atoms with van der Waals surface area (Å²) in [7, 11) is 0. The summed E-state index contributed by atoms with van der Waals surface area (Å²) in [6.07, 6.45) is 0.929. The van der Waals surface area contributed by atoms with Crippen LogP contribution < -0.4 is 10.1 Å². The van der Waals surface area contributed by atoms with Crippen LogP contribution in [0.2, 0.25) is 0 Å². The second kappa shape index (κ2) is 8.18. The van der Waals surface area contributed by atoms with Crippen molar-refractivity contribution in [2.75, 3.05) is 6.61 Å². The molecule has 0 aromatic heterocycles. The van der Waals surface area contributed by atoms with Gasteiger partial charge in [0.1, 0.15) is 11.8 Å². The van der Waals surface area contributed by atoms with Crippen LogP contribution in [0, 0.1) is 5.92 Å². The quantitative estimate of drug-likeness (QED) is 0.802. The van der Waals surface area contributed by atoms with Crippen molar-refractivity contribution in [2.24, 2.45) is 5.92 Å². The van der Waals surface area contributed by atoms with Crippen LogP contribution in [-0.4, -0.2) is 29.6 Å². The fourth-order valence-corrected chi connectivity index (χ4v) is 2.38. The predicted octanol–water partition coefficient (Wildman–Crippen LogP) is 3.15. The van der Waals surface area contributed by atoms with Crippen molar-refractivity contribution in [2.45, 2.75) is 59.4 Å². The third kappa shape index (κ3) is 5.55. The first-order valence-electron chi connectivity index (χ1n) is 8.34. The number of nitrogens with one attached hydrogen (secondary N) is 1. The molecule has 0 heterocycles. The Labute approximate surface area is 144 Å². The number of carboxylic acids is 1. The Morgan fingerprint density at radius 1 is 1.25 bits per heavy atom. The molecule has 0 unspecified atom stereocenters. The number of benzene rings is 1. The van der Waals surface area contributed by atoms with E-state index in [0.717, 1.165) is 12.0 Å². The summed E-state index contributed by atoms with van der Waals surface area (Å²) < 4.78 is 5.68. The number of carbonyl (C=O) groups excluding carboxylic acids is 1. The maximum atomic E-state index is 12.0. The number of carbonyl (C=O) groups is 2. The lowest BCUT2D eigenvalue weighted by molar-refractivity contribution is -0.143. The van der Waals surface area contributed by atoms with Crippen LogP contribution in [0.1, 0.15) is 52.7 Å². The van der Waals surface area contributed by atoms with Gasteiger partial charge < -0.3 is 15.2 Å². The molecule has 5 heteroatoms. The van der Waals surface area contributed by atoms with Gasteiger partial charge in [0.2, 0.25) is 0 Å². The van der Waals surface area contributed by atoms with E-state index in [9.17, 15) is 9.59 Å². The van der Waals surface area contributed by atoms with Gasteiger partial charge in [-0.25, -0.2) is 4.79 Å². The molecule has 1 aromatic carbocycles. The Morgan fingerprint density at radius 2 is 1.88 bits per heavy atom. The van der Waals surface area contributed by atoms with Crippen molar-refractivity contribution >= 4 is 11.9 Å². The van der Waals surface area contributed by atoms with E-state index in [1.807, 2.05) is 12.1 Å². The average molecular weight is 335 g/mol. The van der Waals surface area contributed by atoms with Crippen LogP contribution in [0.15, 0.2) is 18.2 Å². The van der Waals surface area contributed by atoms with Crippen molar-refractivity contribution in [1.82, 2.24) is 5.32 Å². The van der Waals surface area contributed by atoms with Crippen LogP contribution >= 0.6 is 0 Å². The fraction of sp³-hybridized carbons (Fsp3) is 0.579. The Hall–Kier alpha value is -2.04. The van der Waals surface area contributed by atoms with E-state index in [4.69, 9.17) is 9.84 Å². The minimum Gasteiger partial charge on any atom is -0.483 e. The van der Waals surface area contributed by atoms with E-state index in [2.05, 4.69) is 39.1 Å². The number of ether oxygens (including phenoxy) is 1. The Kier molecular flexibility index (Phi) is 6.81. The maximum absolute atomic E-state index is 12.0. The van der Waals surface area contributed by atoms with Crippen LogP contribution in [0.3, 0.4) is 0 Å². The maximum Gasteiger partial charge on any atom is 0.326 e. The van der Waals surface area contributed by atoms with Gasteiger partial charge in [-0.2, -0.15) is 0 Å². The average Bonchev–Trinajstić information content (AvgIpc) is 2.48. The lowest BCUT2D eigenvalue weighted by atomic mass is 9.85. The Morgan fingerprint density at radius 3 is 2.33 bits per heavy atom. The molecule has 24 heavy (non-hydrogen) atoms. The Balaban J connectivity index is 2.83. The topological polar surface area (TPSA) is 75.6 Å². The van der Waals surface area contributed by atoms with Gasteiger partial charge in [0, 0.05) is 0 Å². The first kappa shape index (κ1) is 20.0. The number of rotatable bonds is 7. The molecule has 1 aromatic rings. The largest absolute Gasteiger partial charge is 0.483 e. The second-order valence-electron chi connectivity index (χ2n) is 7.35. The summed E-state index contributed by atoms with van der Waals surface area (Å²) >= 11 is 0. The first-order chi connectivity index (χ1) is 11.1. The second-order valence-corrected chi connectivity index (χ2v) is 7.35. The van der Waals surface area contributed by atoms with E-state index in [1.165, 1.54) is 5.56 Å². The van der Waals surface area contributed by atoms with E-state index < -0.39 is 17.9 Å². The molecule has 1 rings (SSSR count). The molecule has 1 atom stereocenters.